The zero-order valence-corrected chi connectivity index (χ0v) is 23.2. The standard InChI is InChI=1S/C29H33N3.2C2H6/c1-5-6-8-15-23(3)31-29(30)26-17-13-16-25(21-26)24(4)32(27-18-9-7-10-19-27)28-20-12-11-14-22(28)2;2*1-2/h5-21,24,29,31H,1,30H2,2-4H3;2*1-2H3/b8-6-,23-15+;;. The molecule has 0 aliphatic rings. The van der Waals surface area contributed by atoms with Crippen molar-refractivity contribution in [1.29, 1.82) is 0 Å². The van der Waals surface area contributed by atoms with Crippen LogP contribution in [0, 0.1) is 6.92 Å². The number of para-hydroxylation sites is 2. The van der Waals surface area contributed by atoms with Crippen LogP contribution in [0.4, 0.5) is 11.4 Å². The lowest BCUT2D eigenvalue weighted by Gasteiger charge is -2.33. The molecule has 36 heavy (non-hydrogen) atoms. The SMILES string of the molecule is C=C/C=C\C=C(/C)NC(N)c1cccc(C(C)N(c2ccccc2)c2ccccc2C)c1.CC.CC. The largest absolute Gasteiger partial charge is 0.370 e. The van der Waals surface area contributed by atoms with Crippen molar-refractivity contribution in [2.75, 3.05) is 4.90 Å². The molecular weight excluding hydrogens is 438 g/mol. The molecule has 0 radical (unpaired) electrons. The monoisotopic (exact) mass is 483 g/mol. The van der Waals surface area contributed by atoms with Crippen LogP contribution < -0.4 is 16.0 Å². The van der Waals surface area contributed by atoms with Gasteiger partial charge in [-0.1, -0.05) is 113 Å². The summed E-state index contributed by atoms with van der Waals surface area (Å²) in [7, 11) is 0. The smallest absolute Gasteiger partial charge is 0.100 e. The second-order valence-corrected chi connectivity index (χ2v) is 7.93. The number of allylic oxidation sites excluding steroid dienone is 5. The van der Waals surface area contributed by atoms with Gasteiger partial charge in [0.1, 0.15) is 6.17 Å². The van der Waals surface area contributed by atoms with Crippen molar-refractivity contribution in [2.45, 2.75) is 60.7 Å². The number of benzene rings is 3. The Morgan fingerprint density at radius 3 is 2.11 bits per heavy atom. The summed E-state index contributed by atoms with van der Waals surface area (Å²) in [5.74, 6) is 0. The van der Waals surface area contributed by atoms with Crippen LogP contribution >= 0.6 is 0 Å². The van der Waals surface area contributed by atoms with Gasteiger partial charge in [-0.05, 0) is 61.7 Å². The molecule has 3 nitrogen and oxygen atoms in total. The number of nitrogens with two attached hydrogens (primary N) is 1. The van der Waals surface area contributed by atoms with E-state index in [1.807, 2.05) is 52.8 Å². The number of aryl methyl sites for hydroxylation is 1. The van der Waals surface area contributed by atoms with Crippen LogP contribution in [0.2, 0.25) is 0 Å². The van der Waals surface area contributed by atoms with E-state index in [1.165, 1.54) is 16.8 Å². The summed E-state index contributed by atoms with van der Waals surface area (Å²) in [4.78, 5) is 2.39. The average molecular weight is 484 g/mol. The number of nitrogens with zero attached hydrogens (tertiary/aromatic N) is 1. The second kappa shape index (κ2) is 17.0. The van der Waals surface area contributed by atoms with E-state index >= 15 is 0 Å². The van der Waals surface area contributed by atoms with Gasteiger partial charge < -0.3 is 16.0 Å². The maximum atomic E-state index is 6.48. The second-order valence-electron chi connectivity index (χ2n) is 7.93. The Morgan fingerprint density at radius 1 is 0.861 bits per heavy atom. The fraction of sp³-hybridized carbons (Fsp3) is 0.273. The Hall–Kier alpha value is -3.56. The van der Waals surface area contributed by atoms with Crippen LogP contribution in [-0.2, 0) is 0 Å². The highest BCUT2D eigenvalue weighted by atomic mass is 15.2. The highest BCUT2D eigenvalue weighted by molar-refractivity contribution is 5.67. The maximum Gasteiger partial charge on any atom is 0.100 e. The number of nitrogens with one attached hydrogen (secondary N) is 1. The molecule has 0 aromatic heterocycles. The third-order valence-corrected chi connectivity index (χ3v) is 5.53. The van der Waals surface area contributed by atoms with Gasteiger partial charge in [0.15, 0.2) is 0 Å². The molecule has 3 N–H and O–H groups in total. The first kappa shape index (κ1) is 30.5. The fourth-order valence-electron chi connectivity index (χ4n) is 3.81. The van der Waals surface area contributed by atoms with E-state index in [0.717, 1.165) is 16.9 Å². The Balaban J connectivity index is 0.00000154. The number of hydrogen-bond donors (Lipinski definition) is 2. The van der Waals surface area contributed by atoms with Gasteiger partial charge in [0.05, 0.1) is 6.04 Å². The Bertz CT molecular complexity index is 1080. The molecule has 3 heteroatoms. The van der Waals surface area contributed by atoms with E-state index in [1.54, 1.807) is 6.08 Å². The predicted octanol–water partition coefficient (Wildman–Crippen LogP) is 9.14. The van der Waals surface area contributed by atoms with Gasteiger partial charge in [0.2, 0.25) is 0 Å². The predicted molar refractivity (Wildman–Crippen MR) is 160 cm³/mol. The molecular formula is C33H45N3. The van der Waals surface area contributed by atoms with E-state index in [9.17, 15) is 0 Å². The summed E-state index contributed by atoms with van der Waals surface area (Å²) in [5, 5.41) is 3.36. The van der Waals surface area contributed by atoms with Crippen molar-refractivity contribution in [3.63, 3.8) is 0 Å². The molecule has 0 heterocycles. The van der Waals surface area contributed by atoms with Gasteiger partial charge in [-0.2, -0.15) is 0 Å². The minimum Gasteiger partial charge on any atom is -0.370 e. The van der Waals surface area contributed by atoms with Crippen LogP contribution in [0.5, 0.6) is 0 Å². The lowest BCUT2D eigenvalue weighted by atomic mass is 10.00. The zero-order valence-electron chi connectivity index (χ0n) is 23.2. The van der Waals surface area contributed by atoms with Gasteiger partial charge in [-0.15, -0.1) is 0 Å². The molecule has 2 atom stereocenters. The third-order valence-electron chi connectivity index (χ3n) is 5.53. The van der Waals surface area contributed by atoms with Crippen LogP contribution in [0.1, 0.15) is 70.4 Å². The van der Waals surface area contributed by atoms with Crippen molar-refractivity contribution in [3.05, 3.63) is 132 Å². The first-order valence-corrected chi connectivity index (χ1v) is 13.0. The Labute approximate surface area is 220 Å². The molecule has 3 rings (SSSR count). The lowest BCUT2D eigenvalue weighted by Crippen LogP contribution is -2.28. The van der Waals surface area contributed by atoms with Crippen molar-refractivity contribution in [1.82, 2.24) is 5.32 Å². The summed E-state index contributed by atoms with van der Waals surface area (Å²) in [6.45, 7) is 18.1. The van der Waals surface area contributed by atoms with Gasteiger partial charge in [0.25, 0.3) is 0 Å². The van der Waals surface area contributed by atoms with E-state index in [0.29, 0.717) is 0 Å². The molecule has 3 aromatic rings. The number of anilines is 2. The topological polar surface area (TPSA) is 41.3 Å². The molecule has 0 spiro atoms. The summed E-state index contributed by atoms with van der Waals surface area (Å²) in [6, 6.07) is 27.7. The molecule has 192 valence electrons. The molecule has 0 aliphatic heterocycles. The third kappa shape index (κ3) is 8.90. The highest BCUT2D eigenvalue weighted by Gasteiger charge is 2.20. The number of hydrogen-bond acceptors (Lipinski definition) is 3. The summed E-state index contributed by atoms with van der Waals surface area (Å²) < 4.78 is 0. The summed E-state index contributed by atoms with van der Waals surface area (Å²) in [6.07, 6.45) is 7.29. The van der Waals surface area contributed by atoms with Gasteiger partial charge >= 0.3 is 0 Å². The summed E-state index contributed by atoms with van der Waals surface area (Å²) >= 11 is 0. The Kier molecular flexibility index (Phi) is 14.4. The molecule has 0 saturated heterocycles. The number of rotatable bonds is 9. The van der Waals surface area contributed by atoms with Gasteiger partial charge in [0, 0.05) is 17.1 Å². The first-order chi connectivity index (χ1) is 17.5. The van der Waals surface area contributed by atoms with Gasteiger partial charge in [-0.3, -0.25) is 0 Å². The molecule has 2 unspecified atom stereocenters. The highest BCUT2D eigenvalue weighted by Crippen LogP contribution is 2.37. The van der Waals surface area contributed by atoms with E-state index < -0.39 is 0 Å². The Morgan fingerprint density at radius 2 is 1.47 bits per heavy atom. The van der Waals surface area contributed by atoms with E-state index in [2.05, 4.69) is 110 Å². The average Bonchev–Trinajstić information content (AvgIpc) is 2.93. The normalized spacial score (nSPS) is 12.4. The van der Waals surface area contributed by atoms with Crippen LogP contribution in [0.3, 0.4) is 0 Å². The van der Waals surface area contributed by atoms with Crippen molar-refractivity contribution < 1.29 is 0 Å². The zero-order chi connectivity index (χ0) is 26.9. The van der Waals surface area contributed by atoms with E-state index in [-0.39, 0.29) is 12.2 Å². The van der Waals surface area contributed by atoms with E-state index in [4.69, 9.17) is 5.73 Å². The van der Waals surface area contributed by atoms with Crippen molar-refractivity contribution >= 4 is 11.4 Å². The van der Waals surface area contributed by atoms with Crippen molar-refractivity contribution in [3.8, 4) is 0 Å². The van der Waals surface area contributed by atoms with Gasteiger partial charge in [-0.25, -0.2) is 0 Å². The molecule has 3 aromatic carbocycles. The lowest BCUT2D eigenvalue weighted by molar-refractivity contribution is 0.622. The van der Waals surface area contributed by atoms with Crippen molar-refractivity contribution in [2.24, 2.45) is 5.73 Å². The quantitative estimate of drug-likeness (QED) is 0.235. The minimum atomic E-state index is -0.292. The molecule has 0 bridgehead atoms. The van der Waals surface area contributed by atoms with Crippen LogP contribution in [-0.4, -0.2) is 0 Å². The fourth-order valence-corrected chi connectivity index (χ4v) is 3.81. The molecule has 0 fully saturated rings. The maximum absolute atomic E-state index is 6.48. The summed E-state index contributed by atoms with van der Waals surface area (Å²) in [5.41, 5.74) is 13.3. The minimum absolute atomic E-state index is 0.123. The molecule has 0 aliphatic carbocycles. The van der Waals surface area contributed by atoms with Crippen LogP contribution in [0.15, 0.2) is 115 Å². The first-order valence-electron chi connectivity index (χ1n) is 13.0. The molecule has 0 amide bonds. The molecule has 0 saturated carbocycles. The van der Waals surface area contributed by atoms with Crippen LogP contribution in [0.25, 0.3) is 0 Å².